The van der Waals surface area contributed by atoms with Crippen LogP contribution in [0.4, 0.5) is 4.79 Å². The fourth-order valence-electron chi connectivity index (χ4n) is 2.52. The van der Waals surface area contributed by atoms with Crippen molar-refractivity contribution in [2.45, 2.75) is 37.8 Å². The molecule has 2 amide bonds. The number of benzene rings is 1. The van der Waals surface area contributed by atoms with Crippen molar-refractivity contribution in [1.29, 1.82) is 0 Å². The maximum absolute atomic E-state index is 12.1. The summed E-state index contributed by atoms with van der Waals surface area (Å²) in [6, 6.07) is 11.2. The normalized spacial score (nSPS) is 23.8. The van der Waals surface area contributed by atoms with Gasteiger partial charge < -0.3 is 10.2 Å². The predicted octanol–water partition coefficient (Wildman–Crippen LogP) is 2.70. The second kappa shape index (κ2) is 4.40. The number of hydrogen-bond acceptors (Lipinski definition) is 1. The standard InChI is InChI=1S/C14H18N2O/c17-14(15-12-8-9-12)16-10-4-7-13(16)11-5-2-1-3-6-11/h1-3,5-6,12-13H,4,7-10H2,(H,15,17). The second-order valence-corrected chi connectivity index (χ2v) is 4.99. The number of likely N-dealkylation sites (tertiary alicyclic amines) is 1. The van der Waals surface area contributed by atoms with E-state index in [1.54, 1.807) is 0 Å². The molecule has 1 aliphatic carbocycles. The highest BCUT2D eigenvalue weighted by Gasteiger charge is 2.32. The first-order valence-electron chi connectivity index (χ1n) is 6.46. The van der Waals surface area contributed by atoms with Crippen molar-refractivity contribution in [3.63, 3.8) is 0 Å². The molecule has 1 N–H and O–H groups in total. The molecule has 0 radical (unpaired) electrons. The van der Waals surface area contributed by atoms with Crippen LogP contribution < -0.4 is 5.32 Å². The quantitative estimate of drug-likeness (QED) is 0.832. The lowest BCUT2D eigenvalue weighted by atomic mass is 10.1. The summed E-state index contributed by atoms with van der Waals surface area (Å²) in [5, 5.41) is 3.08. The van der Waals surface area contributed by atoms with Gasteiger partial charge in [0.1, 0.15) is 0 Å². The van der Waals surface area contributed by atoms with Gasteiger partial charge in [0.05, 0.1) is 6.04 Å². The summed E-state index contributed by atoms with van der Waals surface area (Å²) in [6.07, 6.45) is 4.49. The Morgan fingerprint density at radius 3 is 2.65 bits per heavy atom. The highest BCUT2D eigenvalue weighted by atomic mass is 16.2. The Morgan fingerprint density at radius 1 is 1.18 bits per heavy atom. The molecule has 2 fully saturated rings. The molecular weight excluding hydrogens is 212 g/mol. The molecule has 1 aromatic carbocycles. The number of carbonyl (C=O) groups excluding carboxylic acids is 1. The van der Waals surface area contributed by atoms with Crippen molar-refractivity contribution in [3.8, 4) is 0 Å². The third-order valence-electron chi connectivity index (χ3n) is 3.60. The number of amides is 2. The van der Waals surface area contributed by atoms with Gasteiger partial charge in [-0.3, -0.25) is 0 Å². The van der Waals surface area contributed by atoms with E-state index in [4.69, 9.17) is 0 Å². The molecule has 3 heteroatoms. The molecule has 17 heavy (non-hydrogen) atoms. The first kappa shape index (κ1) is 10.6. The summed E-state index contributed by atoms with van der Waals surface area (Å²) < 4.78 is 0. The van der Waals surface area contributed by atoms with E-state index >= 15 is 0 Å². The van der Waals surface area contributed by atoms with E-state index in [2.05, 4.69) is 17.4 Å². The van der Waals surface area contributed by atoms with Crippen LogP contribution in [0.2, 0.25) is 0 Å². The predicted molar refractivity (Wildman–Crippen MR) is 66.7 cm³/mol. The molecule has 2 aliphatic rings. The Labute approximate surface area is 102 Å². The number of nitrogens with zero attached hydrogens (tertiary/aromatic N) is 1. The molecule has 1 heterocycles. The number of carbonyl (C=O) groups is 1. The van der Waals surface area contributed by atoms with E-state index in [1.807, 2.05) is 23.1 Å². The first-order chi connectivity index (χ1) is 8.34. The van der Waals surface area contributed by atoms with Crippen LogP contribution in [0.1, 0.15) is 37.3 Å². The molecule has 90 valence electrons. The summed E-state index contributed by atoms with van der Waals surface area (Å²) >= 11 is 0. The summed E-state index contributed by atoms with van der Waals surface area (Å²) in [6.45, 7) is 0.887. The summed E-state index contributed by atoms with van der Waals surface area (Å²) in [4.78, 5) is 14.1. The highest BCUT2D eigenvalue weighted by Crippen LogP contribution is 2.32. The van der Waals surface area contributed by atoms with E-state index < -0.39 is 0 Å². The van der Waals surface area contributed by atoms with Crippen LogP contribution in [-0.2, 0) is 0 Å². The van der Waals surface area contributed by atoms with Crippen LogP contribution in [0.5, 0.6) is 0 Å². The topological polar surface area (TPSA) is 32.3 Å². The van der Waals surface area contributed by atoms with Crippen molar-refractivity contribution in [3.05, 3.63) is 35.9 Å². The monoisotopic (exact) mass is 230 g/mol. The molecule has 0 aromatic heterocycles. The van der Waals surface area contributed by atoms with Crippen molar-refractivity contribution in [1.82, 2.24) is 10.2 Å². The SMILES string of the molecule is O=C(NC1CC1)N1CCCC1c1ccccc1. The molecule has 1 aliphatic heterocycles. The average Bonchev–Trinajstić information content (AvgIpc) is 3.04. The average molecular weight is 230 g/mol. The lowest BCUT2D eigenvalue weighted by molar-refractivity contribution is 0.192. The molecule has 1 atom stereocenters. The smallest absolute Gasteiger partial charge is 0.318 e. The number of nitrogens with one attached hydrogen (secondary N) is 1. The Balaban J connectivity index is 1.72. The summed E-state index contributed by atoms with van der Waals surface area (Å²) in [7, 11) is 0. The van der Waals surface area contributed by atoms with Gasteiger partial charge in [-0.05, 0) is 31.2 Å². The molecule has 1 saturated heterocycles. The van der Waals surface area contributed by atoms with Crippen molar-refractivity contribution in [2.75, 3.05) is 6.54 Å². The lowest BCUT2D eigenvalue weighted by Crippen LogP contribution is -2.40. The van der Waals surface area contributed by atoms with Gasteiger partial charge in [0.25, 0.3) is 0 Å². The Hall–Kier alpha value is -1.51. The number of rotatable bonds is 2. The van der Waals surface area contributed by atoms with Gasteiger partial charge in [0.15, 0.2) is 0 Å². The van der Waals surface area contributed by atoms with Crippen LogP contribution in [0.25, 0.3) is 0 Å². The molecule has 0 bridgehead atoms. The van der Waals surface area contributed by atoms with Crippen LogP contribution in [0.3, 0.4) is 0 Å². The second-order valence-electron chi connectivity index (χ2n) is 4.99. The van der Waals surface area contributed by atoms with Gasteiger partial charge in [-0.2, -0.15) is 0 Å². The molecule has 3 rings (SSSR count). The van der Waals surface area contributed by atoms with E-state index in [9.17, 15) is 4.79 Å². The Morgan fingerprint density at radius 2 is 1.94 bits per heavy atom. The zero-order valence-corrected chi connectivity index (χ0v) is 9.93. The van der Waals surface area contributed by atoms with E-state index in [0.29, 0.717) is 6.04 Å². The summed E-state index contributed by atoms with van der Waals surface area (Å²) in [5.74, 6) is 0. The number of urea groups is 1. The minimum Gasteiger partial charge on any atom is -0.335 e. The summed E-state index contributed by atoms with van der Waals surface area (Å²) in [5.41, 5.74) is 1.26. The molecule has 3 nitrogen and oxygen atoms in total. The van der Waals surface area contributed by atoms with E-state index in [-0.39, 0.29) is 12.1 Å². The maximum atomic E-state index is 12.1. The number of hydrogen-bond donors (Lipinski definition) is 1. The molecule has 1 saturated carbocycles. The van der Waals surface area contributed by atoms with Crippen LogP contribution in [0, 0.1) is 0 Å². The highest BCUT2D eigenvalue weighted by molar-refractivity contribution is 5.75. The maximum Gasteiger partial charge on any atom is 0.318 e. The van der Waals surface area contributed by atoms with Crippen molar-refractivity contribution < 1.29 is 4.79 Å². The fourth-order valence-corrected chi connectivity index (χ4v) is 2.52. The molecule has 0 spiro atoms. The van der Waals surface area contributed by atoms with Crippen LogP contribution in [-0.4, -0.2) is 23.5 Å². The Kier molecular flexibility index (Phi) is 2.75. The van der Waals surface area contributed by atoms with Gasteiger partial charge in [-0.25, -0.2) is 4.79 Å². The third kappa shape index (κ3) is 2.28. The zero-order valence-electron chi connectivity index (χ0n) is 9.93. The lowest BCUT2D eigenvalue weighted by Gasteiger charge is -2.25. The zero-order chi connectivity index (χ0) is 11.7. The van der Waals surface area contributed by atoms with Gasteiger partial charge >= 0.3 is 6.03 Å². The van der Waals surface area contributed by atoms with Crippen LogP contribution >= 0.6 is 0 Å². The Bertz CT molecular complexity index is 400. The van der Waals surface area contributed by atoms with E-state index in [1.165, 1.54) is 5.56 Å². The minimum absolute atomic E-state index is 0.124. The van der Waals surface area contributed by atoms with Gasteiger partial charge in [-0.1, -0.05) is 30.3 Å². The molecule has 1 unspecified atom stereocenters. The van der Waals surface area contributed by atoms with Gasteiger partial charge in [0, 0.05) is 12.6 Å². The minimum atomic E-state index is 0.124. The van der Waals surface area contributed by atoms with Gasteiger partial charge in [0.2, 0.25) is 0 Å². The van der Waals surface area contributed by atoms with Crippen LogP contribution in [0.15, 0.2) is 30.3 Å². The first-order valence-corrected chi connectivity index (χ1v) is 6.46. The molecular formula is C14H18N2O. The third-order valence-corrected chi connectivity index (χ3v) is 3.60. The van der Waals surface area contributed by atoms with Gasteiger partial charge in [-0.15, -0.1) is 0 Å². The van der Waals surface area contributed by atoms with Crippen molar-refractivity contribution in [2.24, 2.45) is 0 Å². The molecule has 1 aromatic rings. The van der Waals surface area contributed by atoms with Crippen molar-refractivity contribution >= 4 is 6.03 Å². The fraction of sp³-hybridized carbons (Fsp3) is 0.500. The van der Waals surface area contributed by atoms with E-state index in [0.717, 1.165) is 32.2 Å². The largest absolute Gasteiger partial charge is 0.335 e.